The number of aliphatic carboxylic acids is 1. The molecule has 0 aromatic heterocycles. The number of rotatable bonds is 9. The summed E-state index contributed by atoms with van der Waals surface area (Å²) in [6.07, 6.45) is -0.459. The monoisotopic (exact) mass is 259 g/mol. The topological polar surface area (TPSA) is 110 Å². The summed E-state index contributed by atoms with van der Waals surface area (Å²) in [6.45, 7) is 1.71. The molecule has 0 heterocycles. The highest BCUT2D eigenvalue weighted by Crippen LogP contribution is 1.94. The number of hydrogen-bond acceptors (Lipinski definition) is 5. The third-order valence-corrected chi connectivity index (χ3v) is 1.96. The van der Waals surface area contributed by atoms with Crippen LogP contribution in [0.2, 0.25) is 0 Å². The van der Waals surface area contributed by atoms with Crippen molar-refractivity contribution in [3.8, 4) is 0 Å². The number of amides is 1. The molecule has 0 unspecified atom stereocenters. The van der Waals surface area contributed by atoms with Crippen molar-refractivity contribution in [3.05, 3.63) is 0 Å². The third kappa shape index (κ3) is 9.32. The van der Waals surface area contributed by atoms with E-state index in [1.165, 1.54) is 0 Å². The number of carbonyl (C=O) groups is 4. The van der Waals surface area contributed by atoms with E-state index in [4.69, 9.17) is 5.11 Å². The van der Waals surface area contributed by atoms with Crippen LogP contribution in [0.3, 0.4) is 0 Å². The minimum absolute atomic E-state index is 0.0387. The van der Waals surface area contributed by atoms with Crippen LogP contribution in [0.4, 0.5) is 0 Å². The van der Waals surface area contributed by atoms with Crippen LogP contribution in [0, 0.1) is 0 Å². The first-order valence-electron chi connectivity index (χ1n) is 5.61. The van der Waals surface area contributed by atoms with Gasteiger partial charge in [-0.05, 0) is 6.92 Å². The highest BCUT2D eigenvalue weighted by Gasteiger charge is 2.10. The number of nitrogens with one attached hydrogen (secondary N) is 1. The Balaban J connectivity index is 3.67. The molecule has 2 N–H and O–H groups in total. The minimum Gasteiger partial charge on any atom is -0.481 e. The van der Waals surface area contributed by atoms with Crippen molar-refractivity contribution >= 4 is 23.6 Å². The van der Waals surface area contributed by atoms with Crippen molar-refractivity contribution in [2.45, 2.75) is 32.6 Å². The molecule has 0 bridgehead atoms. The molecule has 0 saturated heterocycles. The van der Waals surface area contributed by atoms with Gasteiger partial charge in [-0.1, -0.05) is 0 Å². The Hall–Kier alpha value is -1.92. The van der Waals surface area contributed by atoms with Gasteiger partial charge in [0, 0.05) is 12.8 Å². The summed E-state index contributed by atoms with van der Waals surface area (Å²) in [5.41, 5.74) is 0. The molecule has 0 saturated carbocycles. The van der Waals surface area contributed by atoms with Crippen molar-refractivity contribution in [2.24, 2.45) is 0 Å². The molecular weight excluding hydrogens is 242 g/mol. The largest absolute Gasteiger partial charge is 0.481 e. The van der Waals surface area contributed by atoms with Gasteiger partial charge in [-0.3, -0.25) is 19.2 Å². The first-order chi connectivity index (χ1) is 8.45. The van der Waals surface area contributed by atoms with E-state index in [1.54, 1.807) is 6.92 Å². The van der Waals surface area contributed by atoms with Crippen molar-refractivity contribution in [2.75, 3.05) is 13.2 Å². The Morgan fingerprint density at radius 2 is 1.72 bits per heavy atom. The van der Waals surface area contributed by atoms with E-state index in [0.717, 1.165) is 0 Å². The summed E-state index contributed by atoms with van der Waals surface area (Å²) in [7, 11) is 0. The van der Waals surface area contributed by atoms with Crippen LogP contribution in [0.5, 0.6) is 0 Å². The molecule has 0 radical (unpaired) electrons. The van der Waals surface area contributed by atoms with Crippen LogP contribution in [0.15, 0.2) is 0 Å². The standard InChI is InChI=1S/C11H17NO6/c1-2-18-11(17)6-4-9(14)12-7-8(13)3-5-10(15)16/h2-7H2,1H3,(H,12,14)(H,15,16). The Bertz CT molecular complexity index is 325. The first kappa shape index (κ1) is 16.1. The average Bonchev–Trinajstić information content (AvgIpc) is 2.31. The summed E-state index contributed by atoms with van der Waals surface area (Å²) in [5.74, 6) is -2.32. The summed E-state index contributed by atoms with van der Waals surface area (Å²) in [5, 5.41) is 10.7. The van der Waals surface area contributed by atoms with Crippen LogP contribution < -0.4 is 5.32 Å². The Labute approximate surface area is 104 Å². The predicted octanol–water partition coefficient (Wildman–Crippen LogP) is -0.120. The Morgan fingerprint density at radius 3 is 2.28 bits per heavy atom. The second-order valence-corrected chi connectivity index (χ2v) is 3.51. The molecule has 7 heteroatoms. The van der Waals surface area contributed by atoms with E-state index in [0.29, 0.717) is 0 Å². The molecule has 0 aliphatic rings. The van der Waals surface area contributed by atoms with Gasteiger partial charge >= 0.3 is 11.9 Å². The van der Waals surface area contributed by atoms with Gasteiger partial charge in [-0.25, -0.2) is 0 Å². The zero-order valence-corrected chi connectivity index (χ0v) is 10.2. The minimum atomic E-state index is -1.06. The fourth-order valence-corrected chi connectivity index (χ4v) is 1.07. The fourth-order valence-electron chi connectivity index (χ4n) is 1.07. The van der Waals surface area contributed by atoms with Gasteiger partial charge in [0.25, 0.3) is 0 Å². The quantitative estimate of drug-likeness (QED) is 0.558. The maximum Gasteiger partial charge on any atom is 0.306 e. The highest BCUT2D eigenvalue weighted by atomic mass is 16.5. The van der Waals surface area contributed by atoms with Crippen LogP contribution in [0.25, 0.3) is 0 Å². The van der Waals surface area contributed by atoms with Crippen molar-refractivity contribution in [1.82, 2.24) is 5.32 Å². The van der Waals surface area contributed by atoms with Crippen molar-refractivity contribution in [3.63, 3.8) is 0 Å². The number of carbonyl (C=O) groups excluding carboxylic acids is 3. The predicted molar refractivity (Wildman–Crippen MR) is 60.8 cm³/mol. The zero-order valence-electron chi connectivity index (χ0n) is 10.2. The number of esters is 1. The second kappa shape index (κ2) is 9.15. The molecule has 102 valence electrons. The van der Waals surface area contributed by atoms with Gasteiger partial charge in [0.15, 0.2) is 5.78 Å². The molecule has 0 rings (SSSR count). The van der Waals surface area contributed by atoms with Gasteiger partial charge in [0.1, 0.15) is 0 Å². The molecule has 0 spiro atoms. The van der Waals surface area contributed by atoms with Crippen LogP contribution in [-0.4, -0.2) is 41.9 Å². The zero-order chi connectivity index (χ0) is 14.0. The molecular formula is C11H17NO6. The molecule has 18 heavy (non-hydrogen) atoms. The van der Waals surface area contributed by atoms with Gasteiger partial charge in [0.05, 0.1) is 26.0 Å². The number of ether oxygens (including phenoxy) is 1. The lowest BCUT2D eigenvalue weighted by Crippen LogP contribution is -2.30. The van der Waals surface area contributed by atoms with Crippen LogP contribution in [-0.2, 0) is 23.9 Å². The average molecular weight is 259 g/mol. The second-order valence-electron chi connectivity index (χ2n) is 3.51. The van der Waals surface area contributed by atoms with E-state index in [-0.39, 0.29) is 44.6 Å². The van der Waals surface area contributed by atoms with E-state index < -0.39 is 17.8 Å². The van der Waals surface area contributed by atoms with Crippen molar-refractivity contribution < 1.29 is 29.0 Å². The van der Waals surface area contributed by atoms with Gasteiger partial charge in [-0.15, -0.1) is 0 Å². The maximum atomic E-state index is 11.2. The lowest BCUT2D eigenvalue weighted by molar-refractivity contribution is -0.144. The van der Waals surface area contributed by atoms with Gasteiger partial charge in [-0.2, -0.15) is 0 Å². The fraction of sp³-hybridized carbons (Fsp3) is 0.636. The summed E-state index contributed by atoms with van der Waals surface area (Å²) >= 11 is 0. The van der Waals surface area contributed by atoms with Gasteiger partial charge in [0.2, 0.25) is 5.91 Å². The Kier molecular flexibility index (Phi) is 8.17. The third-order valence-electron chi connectivity index (χ3n) is 1.96. The Morgan fingerprint density at radius 1 is 1.06 bits per heavy atom. The normalized spacial score (nSPS) is 9.61. The van der Waals surface area contributed by atoms with E-state index in [9.17, 15) is 19.2 Å². The van der Waals surface area contributed by atoms with E-state index >= 15 is 0 Å². The molecule has 1 amide bonds. The molecule has 0 aromatic rings. The summed E-state index contributed by atoms with van der Waals surface area (Å²) < 4.78 is 4.63. The molecule has 0 aliphatic carbocycles. The molecule has 0 aromatic carbocycles. The van der Waals surface area contributed by atoms with E-state index in [1.807, 2.05) is 0 Å². The van der Waals surface area contributed by atoms with Crippen molar-refractivity contribution in [1.29, 1.82) is 0 Å². The van der Waals surface area contributed by atoms with Gasteiger partial charge < -0.3 is 15.2 Å². The molecule has 0 aliphatic heterocycles. The van der Waals surface area contributed by atoms with Crippen LogP contribution in [0.1, 0.15) is 32.6 Å². The molecule has 0 atom stereocenters. The summed E-state index contributed by atoms with van der Waals surface area (Å²) in [6, 6.07) is 0. The maximum absolute atomic E-state index is 11.2. The summed E-state index contributed by atoms with van der Waals surface area (Å²) in [4.78, 5) is 43.4. The number of ketones is 1. The SMILES string of the molecule is CCOC(=O)CCC(=O)NCC(=O)CCC(=O)O. The number of carboxylic acid groups (broad SMARTS) is 1. The highest BCUT2D eigenvalue weighted by molar-refractivity contribution is 5.88. The van der Waals surface area contributed by atoms with Crippen LogP contribution >= 0.6 is 0 Å². The smallest absolute Gasteiger partial charge is 0.306 e. The number of hydrogen-bond donors (Lipinski definition) is 2. The molecule has 7 nitrogen and oxygen atoms in total. The number of Topliss-reactive ketones (excluding diaryl/α,β-unsaturated/α-hetero) is 1. The number of carboxylic acids is 1. The molecule has 0 fully saturated rings. The lowest BCUT2D eigenvalue weighted by Gasteiger charge is -2.04. The lowest BCUT2D eigenvalue weighted by atomic mass is 10.2. The van der Waals surface area contributed by atoms with E-state index in [2.05, 4.69) is 10.1 Å². The first-order valence-corrected chi connectivity index (χ1v) is 5.61.